The van der Waals surface area contributed by atoms with Crippen molar-refractivity contribution in [1.29, 1.82) is 0 Å². The van der Waals surface area contributed by atoms with Crippen LogP contribution in [0.25, 0.3) is 0 Å². The van der Waals surface area contributed by atoms with Crippen LogP contribution < -0.4 is 5.32 Å². The van der Waals surface area contributed by atoms with Crippen LogP contribution in [-0.4, -0.2) is 47.3 Å². The highest BCUT2D eigenvalue weighted by atomic mass is 32.2. The highest BCUT2D eigenvalue weighted by Crippen LogP contribution is 2.33. The van der Waals surface area contributed by atoms with Gasteiger partial charge < -0.3 is 14.8 Å². The number of thioether (sulfide) groups is 1. The summed E-state index contributed by atoms with van der Waals surface area (Å²) in [4.78, 5) is 11.4. The summed E-state index contributed by atoms with van der Waals surface area (Å²) >= 11 is 2.91. The van der Waals surface area contributed by atoms with Crippen molar-refractivity contribution in [2.45, 2.75) is 35.0 Å². The van der Waals surface area contributed by atoms with E-state index in [1.165, 1.54) is 23.1 Å². The van der Waals surface area contributed by atoms with E-state index in [2.05, 4.69) is 15.5 Å². The zero-order valence-corrected chi connectivity index (χ0v) is 12.0. The van der Waals surface area contributed by atoms with Crippen molar-refractivity contribution in [3.8, 4) is 0 Å². The third-order valence-electron chi connectivity index (χ3n) is 3.04. The second-order valence-electron chi connectivity index (χ2n) is 4.45. The summed E-state index contributed by atoms with van der Waals surface area (Å²) in [6.07, 6.45) is 3.26. The van der Waals surface area contributed by atoms with Gasteiger partial charge in [-0.15, -0.1) is 10.2 Å². The van der Waals surface area contributed by atoms with Crippen LogP contribution in [-0.2, 0) is 14.3 Å². The topological polar surface area (TPSA) is 73.3 Å². The lowest BCUT2D eigenvalue weighted by Crippen LogP contribution is -2.18. The molecule has 1 aromatic rings. The van der Waals surface area contributed by atoms with Gasteiger partial charge in [0.25, 0.3) is 0 Å². The number of nitrogens with zero attached hydrogens (tertiary/aromatic N) is 2. The van der Waals surface area contributed by atoms with Crippen LogP contribution in [0.2, 0.25) is 0 Å². The van der Waals surface area contributed by atoms with Gasteiger partial charge in [-0.3, -0.25) is 4.79 Å². The highest BCUT2D eigenvalue weighted by molar-refractivity contribution is 8.02. The third-order valence-corrected chi connectivity index (χ3v) is 5.25. The van der Waals surface area contributed by atoms with Crippen molar-refractivity contribution in [3.63, 3.8) is 0 Å². The lowest BCUT2D eigenvalue weighted by atomic mass is 10.2. The lowest BCUT2D eigenvalue weighted by Gasteiger charge is -2.08. The molecule has 0 saturated carbocycles. The number of carbonyl (C=O) groups excluding carboxylic acids is 1. The molecule has 0 radical (unpaired) electrons. The number of cyclic esters (lactones) is 1. The predicted octanol–water partition coefficient (Wildman–Crippen LogP) is 1.54. The van der Waals surface area contributed by atoms with Crippen LogP contribution in [0.15, 0.2) is 4.34 Å². The standard InChI is InChI=1S/C11H15N3O3S2/c15-9-8(3-5-17-9)18-11-14-13-10(19-11)12-6-7-2-1-4-16-7/h7-8H,1-6H2,(H,12,13)/t7-,8-/m0/s1. The fraction of sp³-hybridized carbons (Fsp3) is 0.727. The molecule has 2 saturated heterocycles. The largest absolute Gasteiger partial charge is 0.465 e. The van der Waals surface area contributed by atoms with Crippen LogP contribution in [0, 0.1) is 0 Å². The van der Waals surface area contributed by atoms with E-state index in [4.69, 9.17) is 9.47 Å². The SMILES string of the molecule is O=C1OCC[C@@H]1Sc1nnc(NC[C@@H]2CCCO2)s1. The van der Waals surface area contributed by atoms with Gasteiger partial charge in [0.05, 0.1) is 12.7 Å². The van der Waals surface area contributed by atoms with Crippen molar-refractivity contribution in [2.24, 2.45) is 0 Å². The van der Waals surface area contributed by atoms with Gasteiger partial charge in [-0.05, 0) is 12.8 Å². The van der Waals surface area contributed by atoms with Gasteiger partial charge in [0.15, 0.2) is 4.34 Å². The molecule has 0 aliphatic carbocycles. The summed E-state index contributed by atoms with van der Waals surface area (Å²) in [5, 5.41) is 12.0. The molecule has 2 aliphatic rings. The molecule has 1 N–H and O–H groups in total. The van der Waals surface area contributed by atoms with Crippen LogP contribution in [0.1, 0.15) is 19.3 Å². The lowest BCUT2D eigenvalue weighted by molar-refractivity contribution is -0.137. The van der Waals surface area contributed by atoms with Crippen LogP contribution in [0.3, 0.4) is 0 Å². The number of esters is 1. The first-order valence-electron chi connectivity index (χ1n) is 6.33. The molecule has 3 rings (SSSR count). The van der Waals surface area contributed by atoms with Gasteiger partial charge in [-0.25, -0.2) is 0 Å². The van der Waals surface area contributed by atoms with Crippen molar-refractivity contribution < 1.29 is 14.3 Å². The number of hydrogen-bond acceptors (Lipinski definition) is 8. The fourth-order valence-electron chi connectivity index (χ4n) is 2.04. The van der Waals surface area contributed by atoms with Gasteiger partial charge in [0.2, 0.25) is 5.13 Å². The first-order chi connectivity index (χ1) is 9.31. The number of rotatable bonds is 5. The number of nitrogens with one attached hydrogen (secondary N) is 1. The first-order valence-corrected chi connectivity index (χ1v) is 8.03. The molecule has 0 aromatic carbocycles. The smallest absolute Gasteiger partial charge is 0.319 e. The molecule has 2 atom stereocenters. The summed E-state index contributed by atoms with van der Waals surface area (Å²) in [5.74, 6) is -0.144. The minimum Gasteiger partial charge on any atom is -0.465 e. The maximum absolute atomic E-state index is 11.4. The van der Waals surface area contributed by atoms with Crippen LogP contribution in [0.4, 0.5) is 5.13 Å². The van der Waals surface area contributed by atoms with E-state index in [-0.39, 0.29) is 17.3 Å². The summed E-state index contributed by atoms with van der Waals surface area (Å²) < 4.78 is 11.3. The molecule has 1 aromatic heterocycles. The van der Waals surface area contributed by atoms with E-state index >= 15 is 0 Å². The molecule has 3 heterocycles. The Kier molecular flexibility index (Phi) is 4.19. The molecule has 8 heteroatoms. The van der Waals surface area contributed by atoms with Gasteiger partial charge in [-0.1, -0.05) is 23.1 Å². The Morgan fingerprint density at radius 1 is 1.37 bits per heavy atom. The third kappa shape index (κ3) is 3.37. The van der Waals surface area contributed by atoms with E-state index < -0.39 is 0 Å². The normalized spacial score (nSPS) is 26.6. The number of carbonyl (C=O) groups is 1. The molecule has 2 fully saturated rings. The maximum atomic E-state index is 11.4. The molecular formula is C11H15N3O3S2. The summed E-state index contributed by atoms with van der Waals surface area (Å²) in [6.45, 7) is 2.14. The van der Waals surface area contributed by atoms with E-state index in [0.29, 0.717) is 6.61 Å². The van der Waals surface area contributed by atoms with Crippen molar-refractivity contribution in [1.82, 2.24) is 10.2 Å². The molecule has 0 spiro atoms. The predicted molar refractivity (Wildman–Crippen MR) is 72.6 cm³/mol. The van der Waals surface area contributed by atoms with Gasteiger partial charge in [-0.2, -0.15) is 0 Å². The number of aromatic nitrogens is 2. The summed E-state index contributed by atoms with van der Waals surface area (Å²) in [5.41, 5.74) is 0. The van der Waals surface area contributed by atoms with Crippen molar-refractivity contribution in [2.75, 3.05) is 25.1 Å². The Morgan fingerprint density at radius 3 is 3.05 bits per heavy atom. The Balaban J connectivity index is 1.49. The Bertz CT molecular complexity index is 448. The van der Waals surface area contributed by atoms with E-state index in [1.54, 1.807) is 0 Å². The zero-order valence-electron chi connectivity index (χ0n) is 10.3. The maximum Gasteiger partial charge on any atom is 0.319 e. The average molecular weight is 301 g/mol. The zero-order chi connectivity index (χ0) is 13.1. The molecule has 19 heavy (non-hydrogen) atoms. The summed E-state index contributed by atoms with van der Waals surface area (Å²) in [6, 6.07) is 0. The number of anilines is 1. The molecule has 0 unspecified atom stereocenters. The Hall–Kier alpha value is -0.860. The average Bonchev–Trinajstić information content (AvgIpc) is 3.12. The molecule has 2 aliphatic heterocycles. The molecule has 0 amide bonds. The van der Waals surface area contributed by atoms with Crippen LogP contribution >= 0.6 is 23.1 Å². The van der Waals surface area contributed by atoms with Gasteiger partial charge in [0, 0.05) is 19.6 Å². The summed E-state index contributed by atoms with van der Waals surface area (Å²) in [7, 11) is 0. The fourth-order valence-corrected chi connectivity index (χ4v) is 4.01. The molecule has 0 bridgehead atoms. The Morgan fingerprint density at radius 2 is 2.32 bits per heavy atom. The van der Waals surface area contributed by atoms with Crippen LogP contribution in [0.5, 0.6) is 0 Å². The monoisotopic (exact) mass is 301 g/mol. The molecular weight excluding hydrogens is 286 g/mol. The Labute approximate surface area is 119 Å². The minimum atomic E-state index is -0.144. The number of hydrogen-bond donors (Lipinski definition) is 1. The number of ether oxygens (including phenoxy) is 2. The highest BCUT2D eigenvalue weighted by Gasteiger charge is 2.28. The van der Waals surface area contributed by atoms with E-state index in [0.717, 1.165) is 41.9 Å². The van der Waals surface area contributed by atoms with Gasteiger partial charge >= 0.3 is 5.97 Å². The molecule has 6 nitrogen and oxygen atoms in total. The quantitative estimate of drug-likeness (QED) is 0.827. The first kappa shape index (κ1) is 13.1. The van der Waals surface area contributed by atoms with Gasteiger partial charge in [0.1, 0.15) is 5.25 Å². The van der Waals surface area contributed by atoms with E-state index in [1.807, 2.05) is 0 Å². The minimum absolute atomic E-state index is 0.126. The van der Waals surface area contributed by atoms with E-state index in [9.17, 15) is 4.79 Å². The second kappa shape index (κ2) is 6.06. The molecule has 104 valence electrons. The second-order valence-corrected chi connectivity index (χ2v) is 6.88. The van der Waals surface area contributed by atoms with Crippen molar-refractivity contribution >= 4 is 34.2 Å². The van der Waals surface area contributed by atoms with Crippen molar-refractivity contribution in [3.05, 3.63) is 0 Å².